The van der Waals surface area contributed by atoms with Crippen LogP contribution >= 0.6 is 0 Å². The van der Waals surface area contributed by atoms with Gasteiger partial charge in [0.25, 0.3) is 17.7 Å². The molecule has 2 aliphatic heterocycles. The van der Waals surface area contributed by atoms with Crippen molar-refractivity contribution < 1.29 is 28.3 Å². The van der Waals surface area contributed by atoms with Crippen LogP contribution in [0.2, 0.25) is 0 Å². The molecule has 1 N–H and O–H groups in total. The number of piperidine rings is 1. The molecule has 1 saturated heterocycles. The molecule has 6 nitrogen and oxygen atoms in total. The first-order chi connectivity index (χ1) is 11.7. The number of carboxylic acid groups (broad SMARTS) is 1. The Morgan fingerprint density at radius 1 is 1.20 bits per heavy atom. The third-order valence-electron chi connectivity index (χ3n) is 5.20. The van der Waals surface area contributed by atoms with Crippen molar-refractivity contribution in [3.63, 3.8) is 0 Å². The number of benzene rings is 1. The maximum atomic E-state index is 14.7. The molecule has 25 heavy (non-hydrogen) atoms. The number of halogens is 2. The highest BCUT2D eigenvalue weighted by Gasteiger charge is 2.55. The number of nitrogens with zero attached hydrogens (tertiary/aromatic N) is 2. The molecule has 134 valence electrons. The van der Waals surface area contributed by atoms with Crippen molar-refractivity contribution in [2.75, 3.05) is 13.1 Å². The van der Waals surface area contributed by atoms with Gasteiger partial charge in [-0.05, 0) is 19.1 Å². The molecule has 1 fully saturated rings. The van der Waals surface area contributed by atoms with Crippen molar-refractivity contribution in [2.24, 2.45) is 11.8 Å². The number of alkyl halides is 2. The van der Waals surface area contributed by atoms with Gasteiger partial charge in [0.15, 0.2) is 0 Å². The standard InChI is InChI=1S/C17H18F2N2O4/c1-9-7-20(16(24)25)10(2)13(17(9,18)19)8-21-14(22)11-5-3-4-6-12(11)15(21)23/h3-6,9-10,13H,7-8H2,1-2H3,(H,24,25)/t9?,10-,13?/m0/s1. The Labute approximate surface area is 143 Å². The quantitative estimate of drug-likeness (QED) is 0.830. The molecule has 2 unspecified atom stereocenters. The van der Waals surface area contributed by atoms with Gasteiger partial charge in [-0.3, -0.25) is 14.5 Å². The maximum absolute atomic E-state index is 14.7. The largest absolute Gasteiger partial charge is 0.465 e. The first-order valence-electron chi connectivity index (χ1n) is 7.98. The lowest BCUT2D eigenvalue weighted by atomic mass is 9.80. The lowest BCUT2D eigenvalue weighted by Crippen LogP contribution is -2.61. The van der Waals surface area contributed by atoms with Crippen LogP contribution in [0.25, 0.3) is 0 Å². The normalized spacial score (nSPS) is 28.2. The Morgan fingerprint density at radius 3 is 2.20 bits per heavy atom. The van der Waals surface area contributed by atoms with Crippen molar-refractivity contribution in [3.8, 4) is 0 Å². The van der Waals surface area contributed by atoms with Crippen molar-refractivity contribution >= 4 is 17.9 Å². The summed E-state index contributed by atoms with van der Waals surface area (Å²) in [4.78, 5) is 37.9. The van der Waals surface area contributed by atoms with Crippen LogP contribution in [0.5, 0.6) is 0 Å². The van der Waals surface area contributed by atoms with Crippen molar-refractivity contribution in [2.45, 2.75) is 25.8 Å². The van der Waals surface area contributed by atoms with Crippen LogP contribution in [0, 0.1) is 11.8 Å². The average molecular weight is 352 g/mol. The number of carbonyl (C=O) groups is 3. The SMILES string of the molecule is CC1CN(C(=O)O)[C@@H](C)C(CN2C(=O)c3ccccc3C2=O)C1(F)F. The molecular formula is C17H18F2N2O4. The number of imide groups is 1. The van der Waals surface area contributed by atoms with Crippen molar-refractivity contribution in [3.05, 3.63) is 35.4 Å². The van der Waals surface area contributed by atoms with Crippen LogP contribution in [-0.2, 0) is 0 Å². The Kier molecular flexibility index (Phi) is 4.01. The lowest BCUT2D eigenvalue weighted by Gasteiger charge is -2.46. The molecule has 0 bridgehead atoms. The van der Waals surface area contributed by atoms with Crippen LogP contribution in [-0.4, -0.2) is 57.9 Å². The topological polar surface area (TPSA) is 77.9 Å². The summed E-state index contributed by atoms with van der Waals surface area (Å²) in [6.07, 6.45) is -1.29. The monoisotopic (exact) mass is 352 g/mol. The van der Waals surface area contributed by atoms with E-state index in [0.717, 1.165) is 9.80 Å². The van der Waals surface area contributed by atoms with E-state index in [1.807, 2.05) is 0 Å². The smallest absolute Gasteiger partial charge is 0.407 e. The van der Waals surface area contributed by atoms with Gasteiger partial charge >= 0.3 is 6.09 Å². The molecule has 0 saturated carbocycles. The zero-order valence-corrected chi connectivity index (χ0v) is 13.8. The summed E-state index contributed by atoms with van der Waals surface area (Å²) in [7, 11) is 0. The van der Waals surface area contributed by atoms with E-state index in [2.05, 4.69) is 0 Å². The van der Waals surface area contributed by atoms with E-state index < -0.39 is 48.3 Å². The molecule has 1 aromatic rings. The zero-order chi connectivity index (χ0) is 18.5. The van der Waals surface area contributed by atoms with Crippen LogP contribution in [0.15, 0.2) is 24.3 Å². The summed E-state index contributed by atoms with van der Waals surface area (Å²) in [6.45, 7) is 1.85. The number of fused-ring (bicyclic) bond motifs is 1. The number of rotatable bonds is 2. The Hall–Kier alpha value is -2.51. The first-order valence-corrected chi connectivity index (χ1v) is 7.98. The number of hydrogen-bond donors (Lipinski definition) is 1. The highest BCUT2D eigenvalue weighted by atomic mass is 19.3. The van der Waals surface area contributed by atoms with Crippen LogP contribution < -0.4 is 0 Å². The molecule has 0 aromatic heterocycles. The molecule has 0 radical (unpaired) electrons. The molecule has 1 aromatic carbocycles. The van der Waals surface area contributed by atoms with Gasteiger partial charge in [0.2, 0.25) is 0 Å². The van der Waals surface area contributed by atoms with Gasteiger partial charge in [-0.1, -0.05) is 19.1 Å². The minimum Gasteiger partial charge on any atom is -0.465 e. The third-order valence-corrected chi connectivity index (χ3v) is 5.20. The molecule has 8 heteroatoms. The molecule has 3 atom stereocenters. The van der Waals surface area contributed by atoms with Crippen LogP contribution in [0.3, 0.4) is 0 Å². The van der Waals surface area contributed by atoms with Gasteiger partial charge in [-0.15, -0.1) is 0 Å². The number of carbonyl (C=O) groups excluding carboxylic acids is 2. The van der Waals surface area contributed by atoms with Gasteiger partial charge in [-0.25, -0.2) is 13.6 Å². The van der Waals surface area contributed by atoms with E-state index in [0.29, 0.717) is 0 Å². The van der Waals surface area contributed by atoms with Crippen LogP contribution in [0.1, 0.15) is 34.6 Å². The predicted octanol–water partition coefficient (Wildman–Crippen LogP) is 2.55. The fourth-order valence-corrected chi connectivity index (χ4v) is 3.62. The maximum Gasteiger partial charge on any atom is 0.407 e. The summed E-state index contributed by atoms with van der Waals surface area (Å²) >= 11 is 0. The second-order valence-corrected chi connectivity index (χ2v) is 6.62. The zero-order valence-electron chi connectivity index (χ0n) is 13.8. The molecule has 2 aliphatic rings. The summed E-state index contributed by atoms with van der Waals surface area (Å²) in [5.41, 5.74) is 0.366. The highest BCUT2D eigenvalue weighted by molar-refractivity contribution is 6.21. The predicted molar refractivity (Wildman–Crippen MR) is 83.6 cm³/mol. The van der Waals surface area contributed by atoms with Crippen molar-refractivity contribution in [1.29, 1.82) is 0 Å². The number of hydrogen-bond acceptors (Lipinski definition) is 3. The summed E-state index contributed by atoms with van der Waals surface area (Å²) in [6, 6.07) is 5.13. The number of amides is 3. The van der Waals surface area contributed by atoms with Gasteiger partial charge in [0.05, 0.1) is 17.0 Å². The van der Waals surface area contributed by atoms with Gasteiger partial charge in [0.1, 0.15) is 0 Å². The lowest BCUT2D eigenvalue weighted by molar-refractivity contribution is -0.159. The number of likely N-dealkylation sites (tertiary alicyclic amines) is 1. The highest BCUT2D eigenvalue weighted by Crippen LogP contribution is 2.42. The molecule has 2 heterocycles. The van der Waals surface area contributed by atoms with Crippen LogP contribution in [0.4, 0.5) is 13.6 Å². The molecule has 0 aliphatic carbocycles. The summed E-state index contributed by atoms with van der Waals surface area (Å²) in [5, 5.41) is 9.25. The second-order valence-electron chi connectivity index (χ2n) is 6.62. The molecule has 0 spiro atoms. The second kappa shape index (κ2) is 5.79. The Balaban J connectivity index is 1.91. The summed E-state index contributed by atoms with van der Waals surface area (Å²) < 4.78 is 29.4. The van der Waals surface area contributed by atoms with E-state index in [-0.39, 0.29) is 17.7 Å². The first kappa shape index (κ1) is 17.3. The van der Waals surface area contributed by atoms with E-state index in [1.165, 1.54) is 26.0 Å². The third kappa shape index (κ3) is 2.56. The fraction of sp³-hybridized carbons (Fsp3) is 0.471. The van der Waals surface area contributed by atoms with Gasteiger partial charge < -0.3 is 10.0 Å². The van der Waals surface area contributed by atoms with Gasteiger partial charge in [0, 0.05) is 25.0 Å². The molecule has 3 amide bonds. The summed E-state index contributed by atoms with van der Waals surface area (Å²) in [5.74, 6) is -7.11. The average Bonchev–Trinajstić information content (AvgIpc) is 2.79. The van der Waals surface area contributed by atoms with Crippen molar-refractivity contribution in [1.82, 2.24) is 9.80 Å². The van der Waals surface area contributed by atoms with Gasteiger partial charge in [-0.2, -0.15) is 0 Å². The van der Waals surface area contributed by atoms with E-state index in [1.54, 1.807) is 12.1 Å². The molecular weight excluding hydrogens is 334 g/mol. The fourth-order valence-electron chi connectivity index (χ4n) is 3.62. The Morgan fingerprint density at radius 2 is 1.72 bits per heavy atom. The van der Waals surface area contributed by atoms with E-state index in [9.17, 15) is 28.3 Å². The van der Waals surface area contributed by atoms with E-state index in [4.69, 9.17) is 0 Å². The minimum absolute atomic E-state index is 0.183. The Bertz CT molecular complexity index is 717. The van der Waals surface area contributed by atoms with E-state index >= 15 is 0 Å². The molecule has 3 rings (SSSR count). The minimum atomic E-state index is -3.19.